The van der Waals surface area contributed by atoms with Crippen LogP contribution in [0.1, 0.15) is 29.9 Å². The second-order valence-corrected chi connectivity index (χ2v) is 8.18. The first kappa shape index (κ1) is 20.1. The van der Waals surface area contributed by atoms with Crippen molar-refractivity contribution in [3.63, 3.8) is 0 Å². The van der Waals surface area contributed by atoms with Gasteiger partial charge in [-0.2, -0.15) is 0 Å². The standard InChI is InChI=1S/C20H22N6O3S/c1-13-5-4-6-15(9-13)26-16(10-14-11-17(27)22-19(29)21-14)23-24-20(26)30-12-18(28)25-7-2-3-8-25/h4-6,9,11H,2-3,7-8,10,12H2,1H3,(H2,21,22,27,29). The van der Waals surface area contributed by atoms with E-state index in [1.165, 1.54) is 17.8 Å². The summed E-state index contributed by atoms with van der Waals surface area (Å²) in [5, 5.41) is 9.17. The lowest BCUT2D eigenvalue weighted by atomic mass is 10.2. The highest BCUT2D eigenvalue weighted by Gasteiger charge is 2.21. The molecule has 3 heterocycles. The van der Waals surface area contributed by atoms with Crippen molar-refractivity contribution in [1.29, 1.82) is 0 Å². The summed E-state index contributed by atoms with van der Waals surface area (Å²) in [6.07, 6.45) is 2.32. The number of thioether (sulfide) groups is 1. The Morgan fingerprint density at radius 1 is 1.13 bits per heavy atom. The SMILES string of the molecule is Cc1cccc(-n2c(Cc3cc(=O)[nH]c(=O)[nH]3)nnc2SCC(=O)N2CCCC2)c1. The molecular formula is C20H22N6O3S. The van der Waals surface area contributed by atoms with Crippen molar-refractivity contribution in [2.45, 2.75) is 31.3 Å². The van der Waals surface area contributed by atoms with Crippen LogP contribution in [0.2, 0.25) is 0 Å². The minimum Gasteiger partial charge on any atom is -0.342 e. The van der Waals surface area contributed by atoms with Crippen molar-refractivity contribution in [2.75, 3.05) is 18.8 Å². The summed E-state index contributed by atoms with van der Waals surface area (Å²) >= 11 is 1.34. The molecule has 2 N–H and O–H groups in total. The number of aromatic amines is 2. The topological polar surface area (TPSA) is 117 Å². The molecule has 0 radical (unpaired) electrons. The third-order valence-electron chi connectivity index (χ3n) is 4.91. The van der Waals surface area contributed by atoms with E-state index >= 15 is 0 Å². The van der Waals surface area contributed by atoms with Crippen LogP contribution in [0.5, 0.6) is 0 Å². The van der Waals surface area contributed by atoms with E-state index in [4.69, 9.17) is 0 Å². The number of likely N-dealkylation sites (tertiary alicyclic amines) is 1. The quantitative estimate of drug-likeness (QED) is 0.573. The number of hydrogen-bond donors (Lipinski definition) is 2. The van der Waals surface area contributed by atoms with E-state index in [1.807, 2.05) is 40.7 Å². The van der Waals surface area contributed by atoms with Crippen LogP contribution in [0.4, 0.5) is 0 Å². The molecule has 1 amide bonds. The number of benzene rings is 1. The van der Waals surface area contributed by atoms with Gasteiger partial charge in [0.05, 0.1) is 5.75 Å². The predicted molar refractivity (Wildman–Crippen MR) is 113 cm³/mol. The van der Waals surface area contributed by atoms with E-state index in [-0.39, 0.29) is 18.1 Å². The zero-order valence-corrected chi connectivity index (χ0v) is 17.4. The van der Waals surface area contributed by atoms with E-state index in [0.717, 1.165) is 37.2 Å². The summed E-state index contributed by atoms with van der Waals surface area (Å²) in [7, 11) is 0. The van der Waals surface area contributed by atoms with Crippen LogP contribution in [-0.4, -0.2) is 54.4 Å². The highest BCUT2D eigenvalue weighted by Crippen LogP contribution is 2.24. The monoisotopic (exact) mass is 426 g/mol. The van der Waals surface area contributed by atoms with E-state index in [2.05, 4.69) is 20.2 Å². The van der Waals surface area contributed by atoms with Crippen LogP contribution >= 0.6 is 11.8 Å². The summed E-state index contributed by atoms with van der Waals surface area (Å²) in [6, 6.07) is 9.20. The first-order valence-corrected chi connectivity index (χ1v) is 10.7. The third kappa shape index (κ3) is 4.54. The molecule has 3 aromatic rings. The van der Waals surface area contributed by atoms with Crippen molar-refractivity contribution >= 4 is 17.7 Å². The van der Waals surface area contributed by atoms with Gasteiger partial charge < -0.3 is 9.88 Å². The summed E-state index contributed by atoms with van der Waals surface area (Å²) in [6.45, 7) is 3.61. The minimum absolute atomic E-state index is 0.0942. The summed E-state index contributed by atoms with van der Waals surface area (Å²) in [5.41, 5.74) is 1.33. The second-order valence-electron chi connectivity index (χ2n) is 7.24. The van der Waals surface area contributed by atoms with Gasteiger partial charge in [-0.15, -0.1) is 10.2 Å². The Morgan fingerprint density at radius 2 is 1.93 bits per heavy atom. The van der Waals surface area contributed by atoms with Crippen molar-refractivity contribution in [3.8, 4) is 5.69 Å². The molecule has 1 aliphatic heterocycles. The molecule has 1 aliphatic rings. The Bertz CT molecular complexity index is 1150. The number of H-pyrrole nitrogens is 2. The molecule has 1 fully saturated rings. The van der Waals surface area contributed by atoms with Gasteiger partial charge in [-0.3, -0.25) is 19.1 Å². The second kappa shape index (κ2) is 8.70. The van der Waals surface area contributed by atoms with Crippen molar-refractivity contribution in [3.05, 3.63) is 68.3 Å². The highest BCUT2D eigenvalue weighted by atomic mass is 32.2. The lowest BCUT2D eigenvalue weighted by Gasteiger charge is -2.15. The molecule has 2 aromatic heterocycles. The van der Waals surface area contributed by atoms with Crippen LogP contribution in [0.25, 0.3) is 5.69 Å². The zero-order chi connectivity index (χ0) is 21.1. The van der Waals surface area contributed by atoms with Crippen LogP contribution in [0.3, 0.4) is 0 Å². The fourth-order valence-electron chi connectivity index (χ4n) is 3.50. The summed E-state index contributed by atoms with van der Waals surface area (Å²) < 4.78 is 1.87. The first-order chi connectivity index (χ1) is 14.5. The molecule has 9 nitrogen and oxygen atoms in total. The molecule has 0 bridgehead atoms. The van der Waals surface area contributed by atoms with Crippen molar-refractivity contribution < 1.29 is 4.79 Å². The average molecular weight is 427 g/mol. The van der Waals surface area contributed by atoms with Gasteiger partial charge in [-0.25, -0.2) is 4.79 Å². The number of carbonyl (C=O) groups excluding carboxylic acids is 1. The molecule has 0 saturated carbocycles. The summed E-state index contributed by atoms with van der Waals surface area (Å²) in [5.74, 6) is 0.945. The van der Waals surface area contributed by atoms with Crippen LogP contribution in [-0.2, 0) is 11.2 Å². The van der Waals surface area contributed by atoms with Gasteiger partial charge in [0.2, 0.25) is 5.91 Å². The molecule has 1 saturated heterocycles. The first-order valence-electron chi connectivity index (χ1n) is 9.74. The van der Waals surface area contributed by atoms with Gasteiger partial charge in [-0.05, 0) is 37.5 Å². The Hall–Kier alpha value is -3.14. The Morgan fingerprint density at radius 3 is 2.67 bits per heavy atom. The van der Waals surface area contributed by atoms with E-state index in [1.54, 1.807) is 0 Å². The number of aryl methyl sites for hydroxylation is 1. The number of hydrogen-bond acceptors (Lipinski definition) is 6. The Balaban J connectivity index is 1.65. The van der Waals surface area contributed by atoms with Crippen LogP contribution < -0.4 is 11.2 Å². The normalized spacial score (nSPS) is 13.7. The van der Waals surface area contributed by atoms with E-state index in [0.29, 0.717) is 16.7 Å². The molecule has 0 aliphatic carbocycles. The lowest BCUT2D eigenvalue weighted by Crippen LogP contribution is -2.29. The van der Waals surface area contributed by atoms with Gasteiger partial charge in [-0.1, -0.05) is 23.9 Å². The fourth-order valence-corrected chi connectivity index (χ4v) is 4.38. The molecule has 4 rings (SSSR count). The molecule has 0 atom stereocenters. The molecule has 30 heavy (non-hydrogen) atoms. The number of nitrogens with zero attached hydrogens (tertiary/aromatic N) is 4. The summed E-state index contributed by atoms with van der Waals surface area (Å²) in [4.78, 5) is 42.4. The van der Waals surface area contributed by atoms with Gasteiger partial charge >= 0.3 is 5.69 Å². The number of amides is 1. The number of nitrogens with one attached hydrogen (secondary N) is 2. The minimum atomic E-state index is -0.565. The molecule has 1 aromatic carbocycles. The fraction of sp³-hybridized carbons (Fsp3) is 0.350. The van der Waals surface area contributed by atoms with Crippen LogP contribution in [0.15, 0.2) is 45.1 Å². The van der Waals surface area contributed by atoms with Crippen LogP contribution in [0, 0.1) is 6.92 Å². The molecule has 10 heteroatoms. The van der Waals surface area contributed by atoms with Gasteiger partial charge in [0.1, 0.15) is 5.82 Å². The maximum atomic E-state index is 12.5. The molecule has 0 spiro atoms. The number of aromatic nitrogens is 5. The lowest BCUT2D eigenvalue weighted by molar-refractivity contribution is -0.127. The smallest absolute Gasteiger partial charge is 0.325 e. The highest BCUT2D eigenvalue weighted by molar-refractivity contribution is 7.99. The number of rotatable bonds is 6. The molecule has 0 unspecified atom stereocenters. The maximum Gasteiger partial charge on any atom is 0.325 e. The van der Waals surface area contributed by atoms with Crippen molar-refractivity contribution in [1.82, 2.24) is 29.6 Å². The predicted octanol–water partition coefficient (Wildman–Crippen LogP) is 1.26. The Kier molecular flexibility index (Phi) is 5.84. The molecular weight excluding hydrogens is 404 g/mol. The van der Waals surface area contributed by atoms with Gasteiger partial charge in [0.15, 0.2) is 5.16 Å². The number of carbonyl (C=O) groups is 1. The maximum absolute atomic E-state index is 12.5. The average Bonchev–Trinajstić information content (AvgIpc) is 3.35. The Labute approximate surface area is 176 Å². The van der Waals surface area contributed by atoms with Gasteiger partial charge in [0, 0.05) is 37.0 Å². The van der Waals surface area contributed by atoms with Crippen molar-refractivity contribution in [2.24, 2.45) is 0 Å². The van der Waals surface area contributed by atoms with Gasteiger partial charge in [0.25, 0.3) is 5.56 Å². The molecule has 156 valence electrons. The largest absolute Gasteiger partial charge is 0.342 e. The zero-order valence-electron chi connectivity index (χ0n) is 16.6. The third-order valence-corrected chi connectivity index (χ3v) is 5.82. The van der Waals surface area contributed by atoms with E-state index in [9.17, 15) is 14.4 Å². The van der Waals surface area contributed by atoms with E-state index < -0.39 is 11.2 Å².